The maximum atomic E-state index is 12.2. The van der Waals surface area contributed by atoms with Crippen molar-refractivity contribution in [3.05, 3.63) is 33.9 Å². The van der Waals surface area contributed by atoms with Gasteiger partial charge in [0.25, 0.3) is 11.6 Å². The lowest BCUT2D eigenvalue weighted by molar-refractivity contribution is -0.384. The molecule has 0 radical (unpaired) electrons. The van der Waals surface area contributed by atoms with Crippen LogP contribution < -0.4 is 10.2 Å². The summed E-state index contributed by atoms with van der Waals surface area (Å²) in [6.07, 6.45) is 1.85. The number of benzene rings is 1. The van der Waals surface area contributed by atoms with Gasteiger partial charge < -0.3 is 24.4 Å². The van der Waals surface area contributed by atoms with Crippen LogP contribution in [0, 0.1) is 10.1 Å². The molecule has 0 bridgehead atoms. The van der Waals surface area contributed by atoms with Gasteiger partial charge in [0.2, 0.25) is 0 Å². The molecular weight excluding hydrogens is 370 g/mol. The summed E-state index contributed by atoms with van der Waals surface area (Å²) in [4.78, 5) is 36.7. The van der Waals surface area contributed by atoms with Gasteiger partial charge in [0.05, 0.1) is 29.8 Å². The third kappa shape index (κ3) is 5.17. The number of nitrogens with one attached hydrogen (secondary N) is 1. The number of carbonyl (C=O) groups is 2. The molecule has 0 unspecified atom stereocenters. The van der Waals surface area contributed by atoms with E-state index in [4.69, 9.17) is 14.2 Å². The highest BCUT2D eigenvalue weighted by atomic mass is 16.6. The van der Waals surface area contributed by atoms with Gasteiger partial charge in [0, 0.05) is 32.3 Å². The van der Waals surface area contributed by atoms with E-state index in [-0.39, 0.29) is 17.4 Å². The smallest absolute Gasteiger partial charge is 0.338 e. The van der Waals surface area contributed by atoms with E-state index >= 15 is 0 Å². The van der Waals surface area contributed by atoms with Crippen molar-refractivity contribution in [2.45, 2.75) is 18.9 Å². The minimum absolute atomic E-state index is 0.00460. The quantitative estimate of drug-likeness (QED) is 0.412. The Kier molecular flexibility index (Phi) is 6.77. The second-order valence-electron chi connectivity index (χ2n) is 6.58. The third-order valence-electron chi connectivity index (χ3n) is 4.64. The average molecular weight is 393 g/mol. The number of nitro groups is 1. The molecule has 0 spiro atoms. The highest BCUT2D eigenvalue weighted by Gasteiger charge is 2.24. The van der Waals surface area contributed by atoms with Crippen molar-refractivity contribution in [3.8, 4) is 0 Å². The summed E-state index contributed by atoms with van der Waals surface area (Å²) in [6, 6.07) is 4.17. The molecule has 1 N–H and O–H groups in total. The molecule has 1 amide bonds. The molecule has 0 aliphatic carbocycles. The fraction of sp³-hybridized carbons (Fsp3) is 0.556. The van der Waals surface area contributed by atoms with E-state index in [1.807, 2.05) is 4.90 Å². The lowest BCUT2D eigenvalue weighted by Crippen LogP contribution is -2.36. The molecule has 152 valence electrons. The standard InChI is InChI=1S/C18H23N3O7/c22-17(19-11-14-2-1-7-27-14)12-28-18(23)13-3-4-15(16(10-13)21(24)25)20-5-8-26-9-6-20/h3-4,10,14H,1-2,5-9,11-12H2,(H,19,22)/t14-/m0/s1. The molecule has 10 heteroatoms. The summed E-state index contributed by atoms with van der Waals surface area (Å²) in [7, 11) is 0. The van der Waals surface area contributed by atoms with E-state index in [0.29, 0.717) is 45.1 Å². The number of morpholine rings is 1. The number of carbonyl (C=O) groups excluding carboxylic acids is 2. The number of hydrogen-bond donors (Lipinski definition) is 1. The Labute approximate surface area is 161 Å². The first kappa shape index (κ1) is 20.0. The monoisotopic (exact) mass is 393 g/mol. The summed E-state index contributed by atoms with van der Waals surface area (Å²) in [6.45, 7) is 2.66. The molecule has 2 aliphatic rings. The Morgan fingerprint density at radius 3 is 2.75 bits per heavy atom. The van der Waals surface area contributed by atoms with Gasteiger partial charge in [-0.1, -0.05) is 0 Å². The van der Waals surface area contributed by atoms with E-state index in [0.717, 1.165) is 12.8 Å². The second kappa shape index (κ2) is 9.47. The summed E-state index contributed by atoms with van der Waals surface area (Å²) in [5, 5.41) is 14.1. The third-order valence-corrected chi connectivity index (χ3v) is 4.64. The van der Waals surface area contributed by atoms with Crippen LogP contribution in [0.1, 0.15) is 23.2 Å². The number of nitro benzene ring substituents is 1. The van der Waals surface area contributed by atoms with E-state index in [2.05, 4.69) is 5.32 Å². The Hall–Kier alpha value is -2.72. The largest absolute Gasteiger partial charge is 0.452 e. The van der Waals surface area contributed by atoms with Gasteiger partial charge in [-0.2, -0.15) is 0 Å². The number of rotatable bonds is 7. The zero-order valence-electron chi connectivity index (χ0n) is 15.4. The SMILES string of the molecule is O=C(COC(=O)c1ccc(N2CCOCC2)c([N+](=O)[O-])c1)NC[C@@H]1CCCO1. The van der Waals surface area contributed by atoms with Gasteiger partial charge in [-0.3, -0.25) is 14.9 Å². The van der Waals surface area contributed by atoms with Crippen molar-refractivity contribution in [3.63, 3.8) is 0 Å². The normalized spacial score (nSPS) is 19.3. The Bertz CT molecular complexity index is 728. The van der Waals surface area contributed by atoms with Crippen molar-refractivity contribution in [1.29, 1.82) is 0 Å². The molecule has 2 heterocycles. The molecule has 0 saturated carbocycles. The first-order valence-corrected chi connectivity index (χ1v) is 9.21. The number of amides is 1. The molecule has 28 heavy (non-hydrogen) atoms. The van der Waals surface area contributed by atoms with Crippen LogP contribution in [-0.4, -0.2) is 69.0 Å². The van der Waals surface area contributed by atoms with Crippen molar-refractivity contribution in [2.24, 2.45) is 0 Å². The van der Waals surface area contributed by atoms with Gasteiger partial charge in [-0.15, -0.1) is 0 Å². The van der Waals surface area contributed by atoms with Crippen LogP contribution in [-0.2, 0) is 19.0 Å². The summed E-state index contributed by atoms with van der Waals surface area (Å²) < 4.78 is 15.6. The molecule has 3 rings (SSSR count). The molecule has 10 nitrogen and oxygen atoms in total. The topological polar surface area (TPSA) is 120 Å². The zero-order chi connectivity index (χ0) is 19.9. The molecule has 2 saturated heterocycles. The van der Waals surface area contributed by atoms with Gasteiger partial charge >= 0.3 is 5.97 Å². The van der Waals surface area contributed by atoms with Gasteiger partial charge in [0.15, 0.2) is 6.61 Å². The van der Waals surface area contributed by atoms with E-state index in [9.17, 15) is 19.7 Å². The zero-order valence-corrected chi connectivity index (χ0v) is 15.4. The Morgan fingerprint density at radius 2 is 2.07 bits per heavy atom. The van der Waals surface area contributed by atoms with Crippen molar-refractivity contribution in [2.75, 3.05) is 51.0 Å². The number of anilines is 1. The highest BCUT2D eigenvalue weighted by molar-refractivity contribution is 5.93. The lowest BCUT2D eigenvalue weighted by Gasteiger charge is -2.28. The van der Waals surface area contributed by atoms with E-state index < -0.39 is 23.4 Å². The fourth-order valence-corrected chi connectivity index (χ4v) is 3.17. The van der Waals surface area contributed by atoms with Crippen molar-refractivity contribution < 1.29 is 28.7 Å². The van der Waals surface area contributed by atoms with Crippen LogP contribution in [0.4, 0.5) is 11.4 Å². The Morgan fingerprint density at radius 1 is 1.29 bits per heavy atom. The van der Waals surface area contributed by atoms with Crippen LogP contribution in [0.2, 0.25) is 0 Å². The van der Waals surface area contributed by atoms with Gasteiger partial charge in [0.1, 0.15) is 5.69 Å². The van der Waals surface area contributed by atoms with Crippen LogP contribution >= 0.6 is 0 Å². The predicted octanol–water partition coefficient (Wildman–Crippen LogP) is 0.883. The first-order chi connectivity index (χ1) is 13.5. The molecule has 1 atom stereocenters. The number of esters is 1. The minimum atomic E-state index is -0.788. The molecule has 0 aromatic heterocycles. The molecule has 1 aromatic rings. The van der Waals surface area contributed by atoms with E-state index in [1.165, 1.54) is 18.2 Å². The van der Waals surface area contributed by atoms with Crippen molar-refractivity contribution >= 4 is 23.3 Å². The number of hydrogen-bond acceptors (Lipinski definition) is 8. The van der Waals surface area contributed by atoms with Gasteiger partial charge in [-0.05, 0) is 25.0 Å². The van der Waals surface area contributed by atoms with Crippen LogP contribution in [0.15, 0.2) is 18.2 Å². The molecule has 1 aromatic carbocycles. The second-order valence-corrected chi connectivity index (χ2v) is 6.58. The van der Waals surface area contributed by atoms with E-state index in [1.54, 1.807) is 0 Å². The number of ether oxygens (including phenoxy) is 3. The van der Waals surface area contributed by atoms with Crippen molar-refractivity contribution in [1.82, 2.24) is 5.32 Å². The lowest BCUT2D eigenvalue weighted by atomic mass is 10.1. The summed E-state index contributed by atoms with van der Waals surface area (Å²) in [5.74, 6) is -1.23. The average Bonchev–Trinajstić information content (AvgIpc) is 3.24. The predicted molar refractivity (Wildman–Crippen MR) is 98.4 cm³/mol. The maximum Gasteiger partial charge on any atom is 0.338 e. The minimum Gasteiger partial charge on any atom is -0.452 e. The van der Waals surface area contributed by atoms with Crippen LogP contribution in [0.5, 0.6) is 0 Å². The first-order valence-electron chi connectivity index (χ1n) is 9.21. The summed E-state index contributed by atoms with van der Waals surface area (Å²) >= 11 is 0. The summed E-state index contributed by atoms with van der Waals surface area (Å²) in [5.41, 5.74) is 0.272. The highest BCUT2D eigenvalue weighted by Crippen LogP contribution is 2.30. The number of nitrogens with zero attached hydrogens (tertiary/aromatic N) is 2. The van der Waals surface area contributed by atoms with Crippen LogP contribution in [0.3, 0.4) is 0 Å². The Balaban J connectivity index is 1.57. The fourth-order valence-electron chi connectivity index (χ4n) is 3.17. The molecule has 2 aliphatic heterocycles. The van der Waals surface area contributed by atoms with Crippen LogP contribution in [0.25, 0.3) is 0 Å². The maximum absolute atomic E-state index is 12.2. The molecule has 2 fully saturated rings. The van der Waals surface area contributed by atoms with Gasteiger partial charge in [-0.25, -0.2) is 4.79 Å². The molecular formula is C18H23N3O7.